The van der Waals surface area contributed by atoms with Crippen molar-refractivity contribution in [3.8, 4) is 0 Å². The number of hydrogen-bond donors (Lipinski definition) is 0. The molecule has 0 aliphatic rings. The molecule has 0 spiro atoms. The highest BCUT2D eigenvalue weighted by Gasteiger charge is 2.39. The monoisotopic (exact) mass is 274 g/mol. The molecule has 0 aliphatic carbocycles. The second-order valence-corrected chi connectivity index (χ2v) is 4.64. The van der Waals surface area contributed by atoms with Crippen LogP contribution in [0.5, 0.6) is 0 Å². The summed E-state index contributed by atoms with van der Waals surface area (Å²) in [5.41, 5.74) is 2.01. The Bertz CT molecular complexity index is 466. The first-order valence-electron chi connectivity index (χ1n) is 5.96. The first-order valence-corrected chi connectivity index (χ1v) is 5.96. The van der Waals surface area contributed by atoms with Gasteiger partial charge in [0.15, 0.2) is 11.9 Å². The molecule has 0 heterocycles. The minimum absolute atomic E-state index is 0.405. The van der Waals surface area contributed by atoms with Crippen LogP contribution in [-0.4, -0.2) is 24.2 Å². The number of Topliss-reactive ketones (excluding diaryl/α,β-unsaturated/α-hetero) is 1. The Kier molecular flexibility index (Phi) is 4.74. The van der Waals surface area contributed by atoms with E-state index < -0.39 is 24.2 Å². The molecule has 0 saturated carbocycles. The SMILES string of the molecule is Cc1ccc(C)c(C(=O)C(C)OC(C)C(F)(F)F)c1. The highest BCUT2D eigenvalue weighted by atomic mass is 19.4. The fraction of sp³-hybridized carbons (Fsp3) is 0.500. The summed E-state index contributed by atoms with van der Waals surface area (Å²) in [6, 6.07) is 5.27. The zero-order chi connectivity index (χ0) is 14.8. The quantitative estimate of drug-likeness (QED) is 0.780. The summed E-state index contributed by atoms with van der Waals surface area (Å²) in [6.45, 7) is 5.80. The third-order valence-electron chi connectivity index (χ3n) is 2.90. The Labute approximate surface area is 110 Å². The van der Waals surface area contributed by atoms with E-state index in [1.54, 1.807) is 19.1 Å². The summed E-state index contributed by atoms with van der Waals surface area (Å²) in [4.78, 5) is 12.1. The van der Waals surface area contributed by atoms with Crippen molar-refractivity contribution in [2.24, 2.45) is 0 Å². The first kappa shape index (κ1) is 15.7. The fourth-order valence-corrected chi connectivity index (χ4v) is 1.67. The van der Waals surface area contributed by atoms with Crippen LogP contribution in [0.1, 0.15) is 35.3 Å². The molecule has 1 aromatic rings. The zero-order valence-corrected chi connectivity index (χ0v) is 11.3. The average Bonchev–Trinajstić information content (AvgIpc) is 2.30. The molecule has 0 N–H and O–H groups in total. The second-order valence-electron chi connectivity index (χ2n) is 4.64. The van der Waals surface area contributed by atoms with Gasteiger partial charge in [0, 0.05) is 5.56 Å². The maximum Gasteiger partial charge on any atom is 0.414 e. The number of hydrogen-bond acceptors (Lipinski definition) is 2. The lowest BCUT2D eigenvalue weighted by Gasteiger charge is -2.21. The molecule has 2 unspecified atom stereocenters. The van der Waals surface area contributed by atoms with Crippen LogP contribution in [0.15, 0.2) is 18.2 Å². The van der Waals surface area contributed by atoms with Gasteiger partial charge in [0.25, 0.3) is 0 Å². The molecule has 1 rings (SSSR count). The van der Waals surface area contributed by atoms with Gasteiger partial charge in [0.05, 0.1) is 0 Å². The van der Waals surface area contributed by atoms with Crippen molar-refractivity contribution < 1.29 is 22.7 Å². The van der Waals surface area contributed by atoms with Crippen LogP contribution in [0.2, 0.25) is 0 Å². The highest BCUT2D eigenvalue weighted by molar-refractivity contribution is 6.00. The molecule has 19 heavy (non-hydrogen) atoms. The van der Waals surface area contributed by atoms with Crippen molar-refractivity contribution >= 4 is 5.78 Å². The lowest BCUT2D eigenvalue weighted by Crippen LogP contribution is -2.35. The molecule has 2 atom stereocenters. The van der Waals surface area contributed by atoms with Gasteiger partial charge in [-0.1, -0.05) is 17.7 Å². The Morgan fingerprint density at radius 3 is 2.32 bits per heavy atom. The van der Waals surface area contributed by atoms with E-state index in [2.05, 4.69) is 0 Å². The highest BCUT2D eigenvalue weighted by Crippen LogP contribution is 2.24. The van der Waals surface area contributed by atoms with Crippen LogP contribution in [0.4, 0.5) is 13.2 Å². The van der Waals surface area contributed by atoms with Crippen LogP contribution in [-0.2, 0) is 4.74 Å². The summed E-state index contributed by atoms with van der Waals surface area (Å²) < 4.78 is 41.9. The molecule has 1 aromatic carbocycles. The Balaban J connectivity index is 2.86. The van der Waals surface area contributed by atoms with Crippen molar-refractivity contribution in [2.75, 3.05) is 0 Å². The maximum absolute atomic E-state index is 12.4. The minimum atomic E-state index is -4.46. The van der Waals surface area contributed by atoms with Crippen molar-refractivity contribution in [1.82, 2.24) is 0 Å². The predicted molar refractivity (Wildman–Crippen MR) is 66.3 cm³/mol. The number of ketones is 1. The number of aryl methyl sites for hydroxylation is 2. The average molecular weight is 274 g/mol. The van der Waals surface area contributed by atoms with Gasteiger partial charge in [0.1, 0.15) is 6.10 Å². The van der Waals surface area contributed by atoms with Crippen molar-refractivity contribution in [1.29, 1.82) is 0 Å². The standard InChI is InChI=1S/C14H17F3O2/c1-8-5-6-9(2)12(7-8)13(18)10(3)19-11(4)14(15,16)17/h5-7,10-11H,1-4H3. The summed E-state index contributed by atoms with van der Waals surface area (Å²) in [6.07, 6.45) is -7.55. The second kappa shape index (κ2) is 5.74. The van der Waals surface area contributed by atoms with Gasteiger partial charge in [-0.3, -0.25) is 4.79 Å². The van der Waals surface area contributed by atoms with E-state index >= 15 is 0 Å². The van der Waals surface area contributed by atoms with E-state index in [4.69, 9.17) is 4.74 Å². The van der Waals surface area contributed by atoms with Gasteiger partial charge in [-0.2, -0.15) is 13.2 Å². The number of alkyl halides is 3. The third-order valence-corrected chi connectivity index (χ3v) is 2.90. The number of halogens is 3. The molecule has 0 bridgehead atoms. The first-order chi connectivity index (χ1) is 8.62. The zero-order valence-electron chi connectivity index (χ0n) is 11.3. The molecule has 0 amide bonds. The smallest absolute Gasteiger partial charge is 0.358 e. The maximum atomic E-state index is 12.4. The van der Waals surface area contributed by atoms with E-state index in [9.17, 15) is 18.0 Å². The van der Waals surface area contributed by atoms with E-state index in [-0.39, 0.29) is 0 Å². The van der Waals surface area contributed by atoms with Crippen LogP contribution in [0.3, 0.4) is 0 Å². The Morgan fingerprint density at radius 2 is 1.79 bits per heavy atom. The molecule has 0 fully saturated rings. The van der Waals surface area contributed by atoms with Gasteiger partial charge in [-0.25, -0.2) is 0 Å². The lowest BCUT2D eigenvalue weighted by molar-refractivity contribution is -0.219. The number of carbonyl (C=O) groups is 1. The van der Waals surface area contributed by atoms with Crippen molar-refractivity contribution in [3.63, 3.8) is 0 Å². The molecular formula is C14H17F3O2. The fourth-order valence-electron chi connectivity index (χ4n) is 1.67. The predicted octanol–water partition coefficient (Wildman–Crippen LogP) is 3.84. The number of ether oxygens (including phenoxy) is 1. The van der Waals surface area contributed by atoms with Gasteiger partial charge in [-0.05, 0) is 39.3 Å². The van der Waals surface area contributed by atoms with E-state index in [0.717, 1.165) is 18.1 Å². The molecule has 0 aliphatic heterocycles. The third kappa shape index (κ3) is 4.06. The van der Waals surface area contributed by atoms with Crippen molar-refractivity contribution in [3.05, 3.63) is 34.9 Å². The van der Waals surface area contributed by atoms with E-state index in [0.29, 0.717) is 5.56 Å². The van der Waals surface area contributed by atoms with E-state index in [1.807, 2.05) is 13.0 Å². The molecule has 5 heteroatoms. The molecule has 106 valence electrons. The largest absolute Gasteiger partial charge is 0.414 e. The Hall–Kier alpha value is -1.36. The van der Waals surface area contributed by atoms with Crippen LogP contribution < -0.4 is 0 Å². The van der Waals surface area contributed by atoms with Gasteiger partial charge >= 0.3 is 6.18 Å². The molecular weight excluding hydrogens is 257 g/mol. The van der Waals surface area contributed by atoms with Crippen LogP contribution >= 0.6 is 0 Å². The number of carbonyl (C=O) groups excluding carboxylic acids is 1. The van der Waals surface area contributed by atoms with Crippen LogP contribution in [0.25, 0.3) is 0 Å². The molecule has 0 aromatic heterocycles. The van der Waals surface area contributed by atoms with Gasteiger partial charge < -0.3 is 4.74 Å². The normalized spacial score (nSPS) is 15.1. The summed E-state index contributed by atoms with van der Waals surface area (Å²) in [7, 11) is 0. The molecule has 0 radical (unpaired) electrons. The lowest BCUT2D eigenvalue weighted by atomic mass is 9.99. The minimum Gasteiger partial charge on any atom is -0.358 e. The molecule has 2 nitrogen and oxygen atoms in total. The summed E-state index contributed by atoms with van der Waals surface area (Å²) in [5, 5.41) is 0. The van der Waals surface area contributed by atoms with Crippen LogP contribution in [0, 0.1) is 13.8 Å². The Morgan fingerprint density at radius 1 is 1.21 bits per heavy atom. The molecule has 0 saturated heterocycles. The summed E-state index contributed by atoms with van der Waals surface area (Å²) >= 11 is 0. The van der Waals surface area contributed by atoms with Gasteiger partial charge in [-0.15, -0.1) is 0 Å². The van der Waals surface area contributed by atoms with Crippen molar-refractivity contribution in [2.45, 2.75) is 46.1 Å². The number of rotatable bonds is 4. The number of benzene rings is 1. The van der Waals surface area contributed by atoms with Gasteiger partial charge in [0.2, 0.25) is 0 Å². The topological polar surface area (TPSA) is 26.3 Å². The summed E-state index contributed by atoms with van der Waals surface area (Å²) in [5.74, 6) is -0.433. The van der Waals surface area contributed by atoms with E-state index in [1.165, 1.54) is 6.92 Å².